The third-order valence-electron chi connectivity index (χ3n) is 3.67. The molecule has 0 aliphatic heterocycles. The van der Waals surface area contributed by atoms with E-state index in [9.17, 15) is 9.59 Å². The van der Waals surface area contributed by atoms with Gasteiger partial charge in [-0.1, -0.05) is 29.3 Å². The number of nitrogens with two attached hydrogens (primary N) is 1. The molecular formula is C18H15Cl2N7O2. The zero-order chi connectivity index (χ0) is 20.8. The molecule has 29 heavy (non-hydrogen) atoms. The highest BCUT2D eigenvalue weighted by Crippen LogP contribution is 2.21. The number of amides is 2. The number of hydrogen-bond donors (Lipinski definition) is 5. The number of nitrogens with zero attached hydrogens (tertiary/aromatic N) is 2. The second-order valence-electron chi connectivity index (χ2n) is 5.66. The van der Waals surface area contributed by atoms with Crippen LogP contribution in [0.3, 0.4) is 0 Å². The predicted molar refractivity (Wildman–Crippen MR) is 112 cm³/mol. The summed E-state index contributed by atoms with van der Waals surface area (Å²) >= 11 is 11.7. The Kier molecular flexibility index (Phi) is 6.32. The number of hydrogen-bond acceptors (Lipinski definition) is 7. The van der Waals surface area contributed by atoms with Crippen LogP contribution < -0.4 is 27.4 Å². The summed E-state index contributed by atoms with van der Waals surface area (Å²) in [5.41, 5.74) is 17.0. The summed E-state index contributed by atoms with van der Waals surface area (Å²) in [6.07, 6.45) is 1.21. The molecule has 0 atom stereocenters. The number of halogens is 2. The molecule has 1 aromatic heterocycles. The van der Waals surface area contributed by atoms with Gasteiger partial charge in [0, 0.05) is 21.2 Å². The summed E-state index contributed by atoms with van der Waals surface area (Å²) in [4.78, 5) is 32.2. The van der Waals surface area contributed by atoms with Crippen LogP contribution in [0.5, 0.6) is 0 Å². The fourth-order valence-corrected chi connectivity index (χ4v) is 2.52. The van der Waals surface area contributed by atoms with E-state index in [0.29, 0.717) is 21.2 Å². The normalized spacial score (nSPS) is 10.1. The maximum atomic E-state index is 12.2. The molecule has 0 saturated carbocycles. The van der Waals surface area contributed by atoms with Crippen molar-refractivity contribution in [1.29, 1.82) is 0 Å². The Morgan fingerprint density at radius 2 is 1.38 bits per heavy atom. The van der Waals surface area contributed by atoms with Gasteiger partial charge in [0.2, 0.25) is 0 Å². The molecule has 9 nitrogen and oxygen atoms in total. The SMILES string of the molecule is Nc1c(NNC(=O)c2ccc(Cl)cc2)ncnc1NNC(=O)c1cccc(Cl)c1. The van der Waals surface area contributed by atoms with Crippen LogP contribution in [-0.4, -0.2) is 21.8 Å². The highest BCUT2D eigenvalue weighted by molar-refractivity contribution is 6.31. The van der Waals surface area contributed by atoms with Crippen LogP contribution in [0.1, 0.15) is 20.7 Å². The second-order valence-corrected chi connectivity index (χ2v) is 6.53. The minimum atomic E-state index is -0.434. The number of hydrazine groups is 2. The molecule has 6 N–H and O–H groups in total. The first kappa shape index (κ1) is 20.2. The van der Waals surface area contributed by atoms with Crippen LogP contribution in [0, 0.1) is 0 Å². The molecule has 0 aliphatic carbocycles. The van der Waals surface area contributed by atoms with Gasteiger partial charge in [-0.3, -0.25) is 31.3 Å². The molecular weight excluding hydrogens is 417 g/mol. The van der Waals surface area contributed by atoms with Crippen molar-refractivity contribution in [3.63, 3.8) is 0 Å². The largest absolute Gasteiger partial charge is 0.393 e. The van der Waals surface area contributed by atoms with Crippen molar-refractivity contribution in [2.75, 3.05) is 16.6 Å². The number of nitrogens with one attached hydrogen (secondary N) is 4. The van der Waals surface area contributed by atoms with E-state index in [2.05, 4.69) is 31.7 Å². The van der Waals surface area contributed by atoms with Gasteiger partial charge in [0.15, 0.2) is 11.6 Å². The lowest BCUT2D eigenvalue weighted by molar-refractivity contribution is 0.0954. The molecule has 0 fully saturated rings. The van der Waals surface area contributed by atoms with Crippen LogP contribution in [0.15, 0.2) is 54.9 Å². The molecule has 0 spiro atoms. The fraction of sp³-hybridized carbons (Fsp3) is 0. The summed E-state index contributed by atoms with van der Waals surface area (Å²) < 4.78 is 0. The number of carbonyl (C=O) groups is 2. The van der Waals surface area contributed by atoms with E-state index in [1.165, 1.54) is 12.4 Å². The van der Waals surface area contributed by atoms with Crippen molar-refractivity contribution < 1.29 is 9.59 Å². The van der Waals surface area contributed by atoms with E-state index >= 15 is 0 Å². The van der Waals surface area contributed by atoms with E-state index in [1.807, 2.05) is 0 Å². The number of aromatic nitrogens is 2. The summed E-state index contributed by atoms with van der Waals surface area (Å²) in [5.74, 6) is -0.569. The minimum absolute atomic E-state index is 0.0790. The van der Waals surface area contributed by atoms with Crippen molar-refractivity contribution in [1.82, 2.24) is 20.8 Å². The quantitative estimate of drug-likeness (QED) is 0.378. The number of benzene rings is 2. The summed E-state index contributed by atoms with van der Waals surface area (Å²) in [6.45, 7) is 0. The van der Waals surface area contributed by atoms with Gasteiger partial charge in [-0.25, -0.2) is 9.97 Å². The average Bonchev–Trinajstić information content (AvgIpc) is 2.72. The van der Waals surface area contributed by atoms with Gasteiger partial charge < -0.3 is 5.73 Å². The Bertz CT molecular complexity index is 1040. The molecule has 0 radical (unpaired) electrons. The van der Waals surface area contributed by atoms with E-state index in [1.54, 1.807) is 42.5 Å². The lowest BCUT2D eigenvalue weighted by Crippen LogP contribution is -2.32. The van der Waals surface area contributed by atoms with Gasteiger partial charge in [0.1, 0.15) is 12.0 Å². The standard InChI is InChI=1S/C18H15Cl2N7O2/c19-12-6-4-10(5-7-12)17(28)26-24-15-14(21)16(23-9-22-15)25-27-18(29)11-2-1-3-13(20)8-11/h1-9H,21H2,(H,26,28)(H,27,29)(H2,22,23,24,25). The van der Waals surface area contributed by atoms with Crippen molar-refractivity contribution >= 4 is 52.3 Å². The Hall–Kier alpha value is -3.56. The summed E-state index contributed by atoms with van der Waals surface area (Å²) in [6, 6.07) is 12.8. The van der Waals surface area contributed by atoms with Gasteiger partial charge in [-0.05, 0) is 42.5 Å². The first-order valence-electron chi connectivity index (χ1n) is 8.18. The van der Waals surface area contributed by atoms with Gasteiger partial charge in [-0.15, -0.1) is 0 Å². The highest BCUT2D eigenvalue weighted by Gasteiger charge is 2.12. The first-order chi connectivity index (χ1) is 13.9. The zero-order valence-electron chi connectivity index (χ0n) is 14.7. The van der Waals surface area contributed by atoms with Crippen LogP contribution >= 0.6 is 23.2 Å². The van der Waals surface area contributed by atoms with Crippen molar-refractivity contribution in [2.45, 2.75) is 0 Å². The third kappa shape index (κ3) is 5.24. The molecule has 0 aliphatic rings. The third-order valence-corrected chi connectivity index (χ3v) is 4.15. The molecule has 3 aromatic rings. The van der Waals surface area contributed by atoms with Gasteiger partial charge >= 0.3 is 0 Å². The second kappa shape index (κ2) is 9.09. The topological polar surface area (TPSA) is 134 Å². The average molecular weight is 432 g/mol. The number of rotatable bonds is 6. The van der Waals surface area contributed by atoms with Gasteiger partial charge in [-0.2, -0.15) is 0 Å². The molecule has 148 valence electrons. The van der Waals surface area contributed by atoms with Gasteiger partial charge in [0.05, 0.1) is 0 Å². The van der Waals surface area contributed by atoms with E-state index in [-0.39, 0.29) is 17.3 Å². The first-order valence-corrected chi connectivity index (χ1v) is 8.94. The summed E-state index contributed by atoms with van der Waals surface area (Å²) in [5, 5.41) is 0.951. The maximum absolute atomic E-state index is 12.2. The van der Waals surface area contributed by atoms with E-state index in [4.69, 9.17) is 28.9 Å². The highest BCUT2D eigenvalue weighted by atomic mass is 35.5. The monoisotopic (exact) mass is 431 g/mol. The fourth-order valence-electron chi connectivity index (χ4n) is 2.20. The molecule has 2 aromatic carbocycles. The van der Waals surface area contributed by atoms with Crippen molar-refractivity contribution in [3.05, 3.63) is 76.0 Å². The van der Waals surface area contributed by atoms with Gasteiger partial charge in [0.25, 0.3) is 11.8 Å². The smallest absolute Gasteiger partial charge is 0.269 e. The van der Waals surface area contributed by atoms with Crippen molar-refractivity contribution in [3.8, 4) is 0 Å². The molecule has 1 heterocycles. The predicted octanol–water partition coefficient (Wildman–Crippen LogP) is 2.88. The molecule has 0 bridgehead atoms. The lowest BCUT2D eigenvalue weighted by atomic mass is 10.2. The lowest BCUT2D eigenvalue weighted by Gasteiger charge is -2.13. The summed E-state index contributed by atoms with van der Waals surface area (Å²) in [7, 11) is 0. The molecule has 3 rings (SSSR count). The molecule has 11 heteroatoms. The Morgan fingerprint density at radius 3 is 1.97 bits per heavy atom. The van der Waals surface area contributed by atoms with E-state index < -0.39 is 11.8 Å². The Balaban J connectivity index is 1.62. The zero-order valence-corrected chi connectivity index (χ0v) is 16.3. The Labute approximate surface area is 175 Å². The van der Waals surface area contributed by atoms with Crippen LogP contribution in [-0.2, 0) is 0 Å². The number of anilines is 3. The van der Waals surface area contributed by atoms with Crippen LogP contribution in [0.4, 0.5) is 17.3 Å². The van der Waals surface area contributed by atoms with E-state index in [0.717, 1.165) is 0 Å². The molecule has 0 unspecified atom stereocenters. The molecule has 2 amide bonds. The number of nitrogen functional groups attached to an aromatic ring is 1. The number of carbonyl (C=O) groups excluding carboxylic acids is 2. The minimum Gasteiger partial charge on any atom is -0.393 e. The maximum Gasteiger partial charge on any atom is 0.269 e. The van der Waals surface area contributed by atoms with Crippen LogP contribution in [0.25, 0.3) is 0 Å². The molecule has 0 saturated heterocycles. The van der Waals surface area contributed by atoms with Crippen LogP contribution in [0.2, 0.25) is 10.0 Å². The van der Waals surface area contributed by atoms with Crippen molar-refractivity contribution in [2.24, 2.45) is 0 Å². The Morgan fingerprint density at radius 1 is 0.793 bits per heavy atom.